The van der Waals surface area contributed by atoms with E-state index in [1.807, 2.05) is 6.20 Å². The number of para-hydroxylation sites is 5. The van der Waals surface area contributed by atoms with Crippen molar-refractivity contribution in [1.82, 2.24) is 19.1 Å². The Hall–Kier alpha value is -9.72. The molecule has 80 heavy (non-hydrogen) atoms. The summed E-state index contributed by atoms with van der Waals surface area (Å²) in [4.78, 5) is 15.4. The molecule has 7 heteroatoms. The fourth-order valence-electron chi connectivity index (χ4n) is 12.6. The van der Waals surface area contributed by atoms with Gasteiger partial charge in [-0.2, -0.15) is 0 Å². The van der Waals surface area contributed by atoms with Crippen LogP contribution in [0, 0.1) is 0 Å². The van der Waals surface area contributed by atoms with Gasteiger partial charge in [0.15, 0.2) is 0 Å². The first-order valence-electron chi connectivity index (χ1n) is 27.8. The highest BCUT2D eigenvalue weighted by Gasteiger charge is 2.34. The average Bonchev–Trinajstić information content (AvgIpc) is 4.34. The normalized spacial score (nSPS) is 13.0. The maximum atomic E-state index is 7.16. The Kier molecular flexibility index (Phi) is 10.6. The van der Waals surface area contributed by atoms with E-state index in [9.17, 15) is 0 Å². The third-order valence-corrected chi connectivity index (χ3v) is 16.5. The van der Waals surface area contributed by atoms with E-state index >= 15 is 0 Å². The van der Waals surface area contributed by atoms with Crippen molar-refractivity contribution in [3.63, 3.8) is 0 Å². The van der Waals surface area contributed by atoms with Crippen LogP contribution in [0.4, 0.5) is 22.7 Å². The van der Waals surface area contributed by atoms with Gasteiger partial charge in [-0.15, -0.1) is 0 Å². The molecule has 13 aromatic rings. The molecule has 2 aliphatic heterocycles. The lowest BCUT2D eigenvalue weighted by Gasteiger charge is -2.28. The van der Waals surface area contributed by atoms with Crippen molar-refractivity contribution in [1.29, 1.82) is 0 Å². The molecule has 0 spiro atoms. The third kappa shape index (κ3) is 7.48. The second kappa shape index (κ2) is 17.9. The molecule has 0 fully saturated rings. The highest BCUT2D eigenvalue weighted by atomic mass is 16.5. The van der Waals surface area contributed by atoms with E-state index in [0.717, 1.165) is 61.8 Å². The lowest BCUT2D eigenvalue weighted by atomic mass is 9.88. The molecule has 0 atom stereocenters. The molecule has 0 saturated heterocycles. The standard InChI is InChI=1S/C73H58N6O/c1-72(2,3)48-39-40-74-66(41-48)78-62-37-38-63-68(55-27-14-13-25-53(55)56-30-20-31-57-54-26-15-16-32-59(54)79(63)71(56)57)69(62)58-36-35-50(44-64(58)78)80-67-43-49(42-65(75-67)73(4,5)6)76-45-77(61-34-18-17-33-60(61)76)70-51(46-21-9-7-10-22-46)28-19-29-52(70)47-23-11-8-12-24-47/h7-44H,45H2,1-6H3. The summed E-state index contributed by atoms with van der Waals surface area (Å²) in [6, 6.07) is 81.4. The number of fused-ring (bicyclic) bond motifs is 13. The maximum absolute atomic E-state index is 7.16. The quantitative estimate of drug-likeness (QED) is 0.159. The fraction of sp³-hybridized carbons (Fsp3) is 0.123. The van der Waals surface area contributed by atoms with Crippen molar-refractivity contribution in [2.24, 2.45) is 0 Å². The van der Waals surface area contributed by atoms with Crippen molar-refractivity contribution in [3.05, 3.63) is 242 Å². The summed E-state index contributed by atoms with van der Waals surface area (Å²) in [6.07, 6.45) is 1.95. The Balaban J connectivity index is 0.909. The van der Waals surface area contributed by atoms with Gasteiger partial charge in [0.1, 0.15) is 18.2 Å². The number of nitrogens with zero attached hydrogens (tertiary/aromatic N) is 6. The molecular formula is C73H58N6O. The predicted octanol–water partition coefficient (Wildman–Crippen LogP) is 19.3. The number of anilines is 4. The van der Waals surface area contributed by atoms with Gasteiger partial charge in [-0.1, -0.05) is 193 Å². The molecular weight excluding hydrogens is 977 g/mol. The van der Waals surface area contributed by atoms with E-state index in [0.29, 0.717) is 18.3 Å². The molecule has 0 amide bonds. The number of rotatable bonds is 7. The van der Waals surface area contributed by atoms with Crippen LogP contribution in [-0.4, -0.2) is 25.8 Å². The minimum Gasteiger partial charge on any atom is -0.439 e. The molecule has 15 rings (SSSR count). The molecule has 0 radical (unpaired) electrons. The summed E-state index contributed by atoms with van der Waals surface area (Å²) < 4.78 is 12.0. The second-order valence-electron chi connectivity index (χ2n) is 23.4. The third-order valence-electron chi connectivity index (χ3n) is 16.5. The first-order chi connectivity index (χ1) is 39.0. The molecule has 0 N–H and O–H groups in total. The predicted molar refractivity (Wildman–Crippen MR) is 332 cm³/mol. The van der Waals surface area contributed by atoms with E-state index in [1.165, 1.54) is 71.9 Å². The number of aromatic nitrogens is 4. The van der Waals surface area contributed by atoms with E-state index in [4.69, 9.17) is 14.7 Å². The van der Waals surface area contributed by atoms with Crippen LogP contribution in [0.15, 0.2) is 231 Å². The lowest BCUT2D eigenvalue weighted by molar-refractivity contribution is 0.452. The van der Waals surface area contributed by atoms with Crippen LogP contribution in [0.25, 0.3) is 99.6 Å². The summed E-state index contributed by atoms with van der Waals surface area (Å²) in [5.74, 6) is 2.06. The molecule has 4 aromatic heterocycles. The van der Waals surface area contributed by atoms with Crippen molar-refractivity contribution in [2.75, 3.05) is 16.5 Å². The number of benzene rings is 9. The van der Waals surface area contributed by atoms with Crippen LogP contribution < -0.4 is 14.5 Å². The zero-order chi connectivity index (χ0) is 54.0. The van der Waals surface area contributed by atoms with E-state index in [2.05, 4.69) is 285 Å². The Labute approximate surface area is 466 Å². The fourth-order valence-corrected chi connectivity index (χ4v) is 12.6. The highest BCUT2D eigenvalue weighted by Crippen LogP contribution is 2.53. The monoisotopic (exact) mass is 1030 g/mol. The van der Waals surface area contributed by atoms with Crippen molar-refractivity contribution >= 4 is 66.4 Å². The second-order valence-corrected chi connectivity index (χ2v) is 23.4. The van der Waals surface area contributed by atoms with Crippen LogP contribution in [0.5, 0.6) is 11.6 Å². The molecule has 9 aromatic carbocycles. The van der Waals surface area contributed by atoms with Gasteiger partial charge in [0.05, 0.1) is 56.2 Å². The smallest absolute Gasteiger partial charge is 0.221 e. The average molecular weight is 1040 g/mol. The van der Waals surface area contributed by atoms with Crippen LogP contribution in [0.3, 0.4) is 0 Å². The Bertz CT molecular complexity index is 4580. The van der Waals surface area contributed by atoms with Gasteiger partial charge >= 0.3 is 0 Å². The zero-order valence-corrected chi connectivity index (χ0v) is 45.7. The van der Waals surface area contributed by atoms with Crippen LogP contribution in [0.2, 0.25) is 0 Å². The molecule has 386 valence electrons. The van der Waals surface area contributed by atoms with Gasteiger partial charge in [0.2, 0.25) is 5.88 Å². The molecule has 0 saturated carbocycles. The molecule has 7 nitrogen and oxygen atoms in total. The SMILES string of the molecule is CC(C)(C)c1ccnc(-n2c3cc(Oc4cc(N5CN(c6c(-c7ccccc7)cccc6-c6ccccc6)c6ccccc65)cc(C(C)(C)C)n4)ccc3c3c4c(ccc32)-n2c3ccccc3c3cccc(c32)-c2ccccc2-4)c1. The van der Waals surface area contributed by atoms with E-state index < -0.39 is 0 Å². The maximum Gasteiger partial charge on any atom is 0.221 e. The van der Waals surface area contributed by atoms with Gasteiger partial charge < -0.3 is 19.1 Å². The minimum atomic E-state index is -0.294. The first-order valence-corrected chi connectivity index (χ1v) is 27.8. The first kappa shape index (κ1) is 47.5. The van der Waals surface area contributed by atoms with Gasteiger partial charge in [0, 0.05) is 67.5 Å². The van der Waals surface area contributed by atoms with Gasteiger partial charge in [0.25, 0.3) is 0 Å². The summed E-state index contributed by atoms with van der Waals surface area (Å²) >= 11 is 0. The molecule has 0 unspecified atom stereocenters. The van der Waals surface area contributed by atoms with Crippen LogP contribution in [-0.2, 0) is 10.8 Å². The summed E-state index contributed by atoms with van der Waals surface area (Å²) in [7, 11) is 0. The molecule has 6 heterocycles. The number of hydrogen-bond donors (Lipinski definition) is 0. The van der Waals surface area contributed by atoms with Gasteiger partial charge in [-0.05, 0) is 93.9 Å². The number of ether oxygens (including phenoxy) is 1. The summed E-state index contributed by atoms with van der Waals surface area (Å²) in [5, 5.41) is 4.76. The van der Waals surface area contributed by atoms with Crippen molar-refractivity contribution in [3.8, 4) is 67.6 Å². The Morgan fingerprint density at radius 3 is 1.81 bits per heavy atom. The number of pyridine rings is 2. The Morgan fingerprint density at radius 2 is 1.07 bits per heavy atom. The topological polar surface area (TPSA) is 51.4 Å². The number of hydrogen-bond acceptors (Lipinski definition) is 5. The van der Waals surface area contributed by atoms with E-state index in [-0.39, 0.29) is 10.8 Å². The Morgan fingerprint density at radius 1 is 0.438 bits per heavy atom. The van der Waals surface area contributed by atoms with Crippen molar-refractivity contribution in [2.45, 2.75) is 52.4 Å². The largest absolute Gasteiger partial charge is 0.439 e. The molecule has 2 aliphatic rings. The molecule has 0 aliphatic carbocycles. The summed E-state index contributed by atoms with van der Waals surface area (Å²) in [5.41, 5.74) is 21.3. The molecule has 0 bridgehead atoms. The van der Waals surface area contributed by atoms with Gasteiger partial charge in [-0.3, -0.25) is 4.57 Å². The van der Waals surface area contributed by atoms with E-state index in [1.54, 1.807) is 0 Å². The minimum absolute atomic E-state index is 0.100. The van der Waals surface area contributed by atoms with Crippen molar-refractivity contribution < 1.29 is 4.74 Å². The zero-order valence-electron chi connectivity index (χ0n) is 45.7. The highest BCUT2D eigenvalue weighted by molar-refractivity contribution is 6.23. The lowest BCUT2D eigenvalue weighted by Crippen LogP contribution is -2.25. The summed E-state index contributed by atoms with van der Waals surface area (Å²) in [6.45, 7) is 14.0. The van der Waals surface area contributed by atoms with Crippen LogP contribution >= 0.6 is 0 Å². The van der Waals surface area contributed by atoms with Gasteiger partial charge in [-0.25, -0.2) is 9.97 Å². The van der Waals surface area contributed by atoms with Crippen LogP contribution in [0.1, 0.15) is 52.8 Å².